The highest BCUT2D eigenvalue weighted by Gasteiger charge is 2.60. The summed E-state index contributed by atoms with van der Waals surface area (Å²) in [7, 11) is 2.23. The molecule has 1 N–H and O–H groups in total. The number of carbonyl (C=O) groups is 1. The fourth-order valence-corrected chi connectivity index (χ4v) is 4.75. The van der Waals surface area contributed by atoms with Gasteiger partial charge in [-0.2, -0.15) is 0 Å². The van der Waals surface area contributed by atoms with Gasteiger partial charge in [0, 0.05) is 12.6 Å². The number of amides is 1. The van der Waals surface area contributed by atoms with E-state index in [2.05, 4.69) is 22.2 Å². The van der Waals surface area contributed by atoms with Gasteiger partial charge in [0.05, 0.1) is 11.7 Å². The molecule has 2 unspecified atom stereocenters. The monoisotopic (exact) mass is 291 g/mol. The molecule has 2 atom stereocenters. The highest BCUT2D eigenvalue weighted by atomic mass is 16.2. The van der Waals surface area contributed by atoms with E-state index in [9.17, 15) is 4.79 Å². The lowest BCUT2D eigenvalue weighted by atomic mass is 10.00. The Bertz CT molecular complexity index is 414. The summed E-state index contributed by atoms with van der Waals surface area (Å²) in [6, 6.07) is 0.572. The zero-order valence-electron chi connectivity index (χ0n) is 13.3. The van der Waals surface area contributed by atoms with Crippen molar-refractivity contribution in [3.63, 3.8) is 0 Å². The Kier molecular flexibility index (Phi) is 3.49. The molecule has 118 valence electrons. The second-order valence-corrected chi connectivity index (χ2v) is 7.80. The molecular formula is C17H29N3O. The van der Waals surface area contributed by atoms with Crippen molar-refractivity contribution in [1.82, 2.24) is 15.1 Å². The van der Waals surface area contributed by atoms with Crippen molar-refractivity contribution in [2.45, 2.75) is 75.5 Å². The summed E-state index contributed by atoms with van der Waals surface area (Å²) < 4.78 is 0. The minimum Gasteiger partial charge on any atom is -0.324 e. The molecule has 2 saturated carbocycles. The Hall–Kier alpha value is -0.610. The largest absolute Gasteiger partial charge is 0.324 e. The van der Waals surface area contributed by atoms with Crippen molar-refractivity contribution >= 4 is 5.91 Å². The van der Waals surface area contributed by atoms with Gasteiger partial charge in [-0.25, -0.2) is 0 Å². The van der Waals surface area contributed by atoms with Crippen LogP contribution >= 0.6 is 0 Å². The van der Waals surface area contributed by atoms with E-state index in [-0.39, 0.29) is 5.54 Å². The molecule has 2 saturated heterocycles. The molecule has 1 amide bonds. The van der Waals surface area contributed by atoms with Crippen LogP contribution < -0.4 is 5.32 Å². The van der Waals surface area contributed by atoms with Crippen LogP contribution in [0.1, 0.15) is 57.8 Å². The Morgan fingerprint density at radius 2 is 1.86 bits per heavy atom. The third kappa shape index (κ3) is 2.40. The topological polar surface area (TPSA) is 35.6 Å². The first-order valence-corrected chi connectivity index (χ1v) is 8.99. The van der Waals surface area contributed by atoms with E-state index in [0.29, 0.717) is 24.0 Å². The van der Waals surface area contributed by atoms with Crippen LogP contribution in [0.5, 0.6) is 0 Å². The van der Waals surface area contributed by atoms with Crippen LogP contribution in [0.4, 0.5) is 0 Å². The summed E-state index contributed by atoms with van der Waals surface area (Å²) in [5.41, 5.74) is -0.138. The van der Waals surface area contributed by atoms with E-state index >= 15 is 0 Å². The van der Waals surface area contributed by atoms with Gasteiger partial charge in [-0.15, -0.1) is 0 Å². The van der Waals surface area contributed by atoms with Crippen molar-refractivity contribution in [3.8, 4) is 0 Å². The van der Waals surface area contributed by atoms with Gasteiger partial charge in [0.15, 0.2) is 0 Å². The highest BCUT2D eigenvalue weighted by molar-refractivity contribution is 5.91. The van der Waals surface area contributed by atoms with Crippen molar-refractivity contribution in [2.24, 2.45) is 5.92 Å². The number of piperidine rings is 1. The molecule has 4 aliphatic rings. The second-order valence-electron chi connectivity index (χ2n) is 7.80. The first-order chi connectivity index (χ1) is 10.2. The first-order valence-electron chi connectivity index (χ1n) is 8.99. The number of likely N-dealkylation sites (tertiary alicyclic amines) is 1. The Morgan fingerprint density at radius 1 is 1.14 bits per heavy atom. The summed E-state index contributed by atoms with van der Waals surface area (Å²) in [4.78, 5) is 17.6. The first kappa shape index (κ1) is 14.0. The quantitative estimate of drug-likeness (QED) is 0.863. The minimum atomic E-state index is -0.138. The maximum atomic E-state index is 12.9. The third-order valence-electron chi connectivity index (χ3n) is 6.36. The van der Waals surface area contributed by atoms with Crippen LogP contribution in [0.3, 0.4) is 0 Å². The second kappa shape index (κ2) is 5.24. The molecule has 2 heterocycles. The maximum absolute atomic E-state index is 12.9. The molecule has 0 aromatic carbocycles. The van der Waals surface area contributed by atoms with E-state index in [4.69, 9.17) is 0 Å². The van der Waals surface area contributed by atoms with E-state index < -0.39 is 0 Å². The molecule has 0 aromatic rings. The number of carbonyl (C=O) groups excluding carboxylic acids is 1. The molecular weight excluding hydrogens is 262 g/mol. The van der Waals surface area contributed by atoms with Crippen LogP contribution in [0.15, 0.2) is 0 Å². The number of likely N-dealkylation sites (N-methyl/N-ethyl adjacent to an activating group) is 1. The van der Waals surface area contributed by atoms with Crippen LogP contribution in [-0.2, 0) is 4.79 Å². The molecule has 4 heteroatoms. The summed E-state index contributed by atoms with van der Waals surface area (Å²) >= 11 is 0. The van der Waals surface area contributed by atoms with Crippen LogP contribution in [-0.4, -0.2) is 53.6 Å². The normalized spacial score (nSPS) is 36.8. The predicted molar refractivity (Wildman–Crippen MR) is 82.8 cm³/mol. The van der Waals surface area contributed by atoms with Gasteiger partial charge in [0.2, 0.25) is 5.91 Å². The molecule has 4 nitrogen and oxygen atoms in total. The molecule has 2 aliphatic carbocycles. The van der Waals surface area contributed by atoms with Gasteiger partial charge in [-0.3, -0.25) is 10.1 Å². The summed E-state index contributed by atoms with van der Waals surface area (Å²) in [6.45, 7) is 2.14. The van der Waals surface area contributed by atoms with Crippen LogP contribution in [0.25, 0.3) is 0 Å². The van der Waals surface area contributed by atoms with E-state index in [1.165, 1.54) is 51.5 Å². The molecule has 2 aliphatic heterocycles. The summed E-state index contributed by atoms with van der Waals surface area (Å²) in [6.07, 6.45) is 11.7. The van der Waals surface area contributed by atoms with Crippen molar-refractivity contribution < 1.29 is 4.79 Å². The molecule has 1 spiro atoms. The number of nitrogens with zero attached hydrogens (tertiary/aromatic N) is 2. The average Bonchev–Trinajstić information content (AvgIpc) is 2.96. The van der Waals surface area contributed by atoms with Gasteiger partial charge in [-0.05, 0) is 58.0 Å². The maximum Gasteiger partial charge on any atom is 0.244 e. The van der Waals surface area contributed by atoms with Crippen LogP contribution in [0.2, 0.25) is 0 Å². The Morgan fingerprint density at radius 3 is 2.52 bits per heavy atom. The molecule has 0 bridgehead atoms. The number of hydrogen-bond donors (Lipinski definition) is 1. The number of nitrogens with one attached hydrogen (secondary N) is 1. The van der Waals surface area contributed by atoms with E-state index in [1.807, 2.05) is 0 Å². The van der Waals surface area contributed by atoms with Crippen LogP contribution in [0, 0.1) is 5.92 Å². The lowest BCUT2D eigenvalue weighted by molar-refractivity contribution is -0.132. The highest BCUT2D eigenvalue weighted by Crippen LogP contribution is 2.45. The van der Waals surface area contributed by atoms with Gasteiger partial charge in [0.1, 0.15) is 0 Å². The molecule has 0 aromatic heterocycles. The molecule has 4 fully saturated rings. The SMILES string of the molecule is CN1CCCCC1CN1C(=O)C2(CC2)NC1C1CCCC1. The van der Waals surface area contributed by atoms with Gasteiger partial charge >= 0.3 is 0 Å². The molecule has 0 radical (unpaired) electrons. The van der Waals surface area contributed by atoms with E-state index in [0.717, 1.165) is 19.4 Å². The van der Waals surface area contributed by atoms with Crippen molar-refractivity contribution in [2.75, 3.05) is 20.1 Å². The summed E-state index contributed by atoms with van der Waals surface area (Å²) in [5.74, 6) is 1.11. The standard InChI is InChI=1S/C17H29N3O/c1-19-11-5-4-8-14(19)12-20-15(13-6-2-3-7-13)18-17(9-10-17)16(20)21/h13-15,18H,2-12H2,1H3. The molecule has 21 heavy (non-hydrogen) atoms. The lowest BCUT2D eigenvalue weighted by Crippen LogP contribution is -2.50. The smallest absolute Gasteiger partial charge is 0.244 e. The predicted octanol–water partition coefficient (Wildman–Crippen LogP) is 1.95. The zero-order chi connectivity index (χ0) is 14.4. The fourth-order valence-electron chi connectivity index (χ4n) is 4.75. The van der Waals surface area contributed by atoms with Crippen molar-refractivity contribution in [3.05, 3.63) is 0 Å². The minimum absolute atomic E-state index is 0.138. The van der Waals surface area contributed by atoms with Gasteiger partial charge < -0.3 is 9.80 Å². The van der Waals surface area contributed by atoms with Crippen molar-refractivity contribution in [1.29, 1.82) is 0 Å². The third-order valence-corrected chi connectivity index (χ3v) is 6.36. The number of rotatable bonds is 3. The average molecular weight is 291 g/mol. The zero-order valence-corrected chi connectivity index (χ0v) is 13.3. The summed E-state index contributed by atoms with van der Waals surface area (Å²) in [5, 5.41) is 3.75. The Labute approximate surface area is 128 Å². The molecule has 4 rings (SSSR count). The van der Waals surface area contributed by atoms with Gasteiger partial charge in [0.25, 0.3) is 0 Å². The number of hydrogen-bond acceptors (Lipinski definition) is 3. The van der Waals surface area contributed by atoms with E-state index in [1.54, 1.807) is 0 Å². The van der Waals surface area contributed by atoms with Gasteiger partial charge in [-0.1, -0.05) is 19.3 Å². The fraction of sp³-hybridized carbons (Fsp3) is 0.941. The lowest BCUT2D eigenvalue weighted by Gasteiger charge is -2.38. The Balaban J connectivity index is 1.50.